The predicted molar refractivity (Wildman–Crippen MR) is 60.2 cm³/mol. The first-order valence-corrected chi connectivity index (χ1v) is 5.36. The van der Waals surface area contributed by atoms with E-state index in [-0.39, 0.29) is 0 Å². The smallest absolute Gasteiger partial charge is 0.150 e. The van der Waals surface area contributed by atoms with Crippen LogP contribution >= 0.6 is 22.9 Å². The van der Waals surface area contributed by atoms with E-state index in [0.717, 1.165) is 16.7 Å². The molecule has 14 heavy (non-hydrogen) atoms. The topological polar surface area (TPSA) is 17.1 Å². The fraction of sp³-hybridized carbons (Fsp3) is 0. The minimum atomic E-state index is 0.678. The number of hydrogen-bond donors (Lipinski definition) is 0. The summed E-state index contributed by atoms with van der Waals surface area (Å²) in [5.74, 6) is 0. The molecule has 0 atom stereocenters. The molecule has 3 heteroatoms. The lowest BCUT2D eigenvalue weighted by molar-refractivity contribution is 0.112. The Labute approximate surface area is 91.0 Å². The summed E-state index contributed by atoms with van der Waals surface area (Å²) in [6.07, 6.45) is 0.853. The molecule has 0 N–H and O–H groups in total. The molecule has 0 amide bonds. The number of hydrogen-bond acceptors (Lipinski definition) is 2. The first-order chi connectivity index (χ1) is 6.83. The largest absolute Gasteiger partial charge is 0.298 e. The number of aldehydes is 1. The van der Waals surface area contributed by atoms with Gasteiger partial charge in [0, 0.05) is 11.1 Å². The Morgan fingerprint density at radius 1 is 1.21 bits per heavy atom. The SMILES string of the molecule is O=Cc1ccccc1-c1sccc1Cl. The number of halogens is 1. The van der Waals surface area contributed by atoms with E-state index in [2.05, 4.69) is 0 Å². The molecule has 70 valence electrons. The average Bonchev–Trinajstić information content (AvgIpc) is 2.64. The summed E-state index contributed by atoms with van der Waals surface area (Å²) in [5, 5.41) is 2.61. The van der Waals surface area contributed by atoms with Crippen LogP contribution in [0.5, 0.6) is 0 Å². The van der Waals surface area contributed by atoms with Crippen molar-refractivity contribution in [3.8, 4) is 10.4 Å². The van der Waals surface area contributed by atoms with Gasteiger partial charge in [0.05, 0.1) is 9.90 Å². The van der Waals surface area contributed by atoms with Gasteiger partial charge in [-0.05, 0) is 11.4 Å². The average molecular weight is 223 g/mol. The van der Waals surface area contributed by atoms with Crippen LogP contribution < -0.4 is 0 Å². The molecule has 1 heterocycles. The molecule has 0 aliphatic rings. The molecule has 2 aromatic rings. The molecular formula is C11H7ClOS. The standard InChI is InChI=1S/C11H7ClOS/c12-10-5-6-14-11(10)9-4-2-1-3-8(9)7-13/h1-7H. The minimum absolute atomic E-state index is 0.678. The summed E-state index contributed by atoms with van der Waals surface area (Å²) in [5.41, 5.74) is 1.58. The van der Waals surface area contributed by atoms with Crippen LogP contribution in [0.4, 0.5) is 0 Å². The van der Waals surface area contributed by atoms with Crippen molar-refractivity contribution in [3.05, 3.63) is 46.3 Å². The molecule has 0 spiro atoms. The van der Waals surface area contributed by atoms with E-state index in [1.807, 2.05) is 29.6 Å². The number of rotatable bonds is 2. The van der Waals surface area contributed by atoms with E-state index in [4.69, 9.17) is 11.6 Å². The third-order valence-electron chi connectivity index (χ3n) is 1.95. The van der Waals surface area contributed by atoms with Crippen molar-refractivity contribution in [1.82, 2.24) is 0 Å². The minimum Gasteiger partial charge on any atom is -0.298 e. The maximum absolute atomic E-state index is 10.8. The maximum atomic E-state index is 10.8. The molecule has 0 aliphatic carbocycles. The van der Waals surface area contributed by atoms with E-state index in [1.165, 1.54) is 0 Å². The fourth-order valence-corrected chi connectivity index (χ4v) is 2.50. The highest BCUT2D eigenvalue weighted by molar-refractivity contribution is 7.14. The number of benzene rings is 1. The molecule has 1 nitrogen and oxygen atoms in total. The lowest BCUT2D eigenvalue weighted by Gasteiger charge is -2.01. The number of carbonyl (C=O) groups is 1. The lowest BCUT2D eigenvalue weighted by Crippen LogP contribution is -1.84. The Balaban J connectivity index is 2.62. The summed E-state index contributed by atoms with van der Waals surface area (Å²) in [7, 11) is 0. The van der Waals surface area contributed by atoms with Gasteiger partial charge in [-0.2, -0.15) is 0 Å². The fourth-order valence-electron chi connectivity index (χ4n) is 1.29. The van der Waals surface area contributed by atoms with Crippen LogP contribution in [0.3, 0.4) is 0 Å². The van der Waals surface area contributed by atoms with Gasteiger partial charge in [-0.1, -0.05) is 35.9 Å². The quantitative estimate of drug-likeness (QED) is 0.705. The van der Waals surface area contributed by atoms with Crippen molar-refractivity contribution in [2.75, 3.05) is 0 Å². The summed E-state index contributed by atoms with van der Waals surface area (Å²) in [6.45, 7) is 0. The third kappa shape index (κ3) is 1.59. The molecule has 0 fully saturated rings. The van der Waals surface area contributed by atoms with Crippen LogP contribution in [-0.4, -0.2) is 6.29 Å². The number of carbonyl (C=O) groups excluding carboxylic acids is 1. The lowest BCUT2D eigenvalue weighted by atomic mass is 10.1. The second-order valence-corrected chi connectivity index (χ2v) is 4.13. The van der Waals surface area contributed by atoms with E-state index < -0.39 is 0 Å². The number of thiophene rings is 1. The van der Waals surface area contributed by atoms with Crippen LogP contribution in [0.25, 0.3) is 10.4 Å². The predicted octanol–water partition coefficient (Wildman–Crippen LogP) is 3.88. The van der Waals surface area contributed by atoms with Gasteiger partial charge in [-0.3, -0.25) is 4.79 Å². The zero-order valence-electron chi connectivity index (χ0n) is 7.24. The molecule has 0 aliphatic heterocycles. The summed E-state index contributed by atoms with van der Waals surface area (Å²) in [6, 6.07) is 9.27. The van der Waals surface area contributed by atoms with Crippen molar-refractivity contribution < 1.29 is 4.79 Å². The van der Waals surface area contributed by atoms with Gasteiger partial charge in [0.25, 0.3) is 0 Å². The van der Waals surface area contributed by atoms with Crippen molar-refractivity contribution in [2.24, 2.45) is 0 Å². The Morgan fingerprint density at radius 3 is 2.64 bits per heavy atom. The van der Waals surface area contributed by atoms with Crippen LogP contribution in [0.2, 0.25) is 5.02 Å². The second kappa shape index (κ2) is 3.95. The van der Waals surface area contributed by atoms with Crippen molar-refractivity contribution in [3.63, 3.8) is 0 Å². The molecular weight excluding hydrogens is 216 g/mol. The first-order valence-electron chi connectivity index (χ1n) is 4.10. The Hall–Kier alpha value is -1.12. The normalized spacial score (nSPS) is 10.1. The van der Waals surface area contributed by atoms with Gasteiger partial charge < -0.3 is 0 Å². The Kier molecular flexibility index (Phi) is 2.66. The molecule has 2 rings (SSSR count). The Morgan fingerprint density at radius 2 is 2.00 bits per heavy atom. The Bertz CT molecular complexity index is 462. The summed E-state index contributed by atoms with van der Waals surface area (Å²) in [4.78, 5) is 11.7. The van der Waals surface area contributed by atoms with E-state index in [0.29, 0.717) is 10.6 Å². The summed E-state index contributed by atoms with van der Waals surface area (Å²) >= 11 is 7.54. The highest BCUT2D eigenvalue weighted by Gasteiger charge is 2.08. The summed E-state index contributed by atoms with van der Waals surface area (Å²) < 4.78 is 0. The van der Waals surface area contributed by atoms with Gasteiger partial charge in [-0.25, -0.2) is 0 Å². The molecule has 0 bridgehead atoms. The second-order valence-electron chi connectivity index (χ2n) is 2.80. The van der Waals surface area contributed by atoms with Crippen molar-refractivity contribution in [1.29, 1.82) is 0 Å². The van der Waals surface area contributed by atoms with Crippen molar-refractivity contribution >= 4 is 29.2 Å². The maximum Gasteiger partial charge on any atom is 0.150 e. The first kappa shape index (κ1) is 9.44. The van der Waals surface area contributed by atoms with Gasteiger partial charge >= 0.3 is 0 Å². The van der Waals surface area contributed by atoms with Crippen LogP contribution in [0.1, 0.15) is 10.4 Å². The monoisotopic (exact) mass is 222 g/mol. The van der Waals surface area contributed by atoms with Gasteiger partial charge in [-0.15, -0.1) is 11.3 Å². The molecule has 1 aromatic carbocycles. The van der Waals surface area contributed by atoms with Crippen molar-refractivity contribution in [2.45, 2.75) is 0 Å². The van der Waals surface area contributed by atoms with E-state index in [1.54, 1.807) is 17.4 Å². The van der Waals surface area contributed by atoms with Crippen LogP contribution in [0.15, 0.2) is 35.7 Å². The molecule has 0 saturated heterocycles. The molecule has 0 radical (unpaired) electrons. The highest BCUT2D eigenvalue weighted by atomic mass is 35.5. The highest BCUT2D eigenvalue weighted by Crippen LogP contribution is 2.34. The van der Waals surface area contributed by atoms with Crippen LogP contribution in [-0.2, 0) is 0 Å². The van der Waals surface area contributed by atoms with Crippen LogP contribution in [0, 0.1) is 0 Å². The zero-order valence-corrected chi connectivity index (χ0v) is 8.81. The van der Waals surface area contributed by atoms with Gasteiger partial charge in [0.15, 0.2) is 6.29 Å². The molecule has 0 saturated carbocycles. The third-order valence-corrected chi connectivity index (χ3v) is 3.32. The van der Waals surface area contributed by atoms with Gasteiger partial charge in [0.1, 0.15) is 0 Å². The molecule has 0 unspecified atom stereocenters. The zero-order chi connectivity index (χ0) is 9.97. The molecule has 1 aromatic heterocycles. The van der Waals surface area contributed by atoms with Gasteiger partial charge in [0.2, 0.25) is 0 Å². The van der Waals surface area contributed by atoms with E-state index in [9.17, 15) is 4.79 Å². The van der Waals surface area contributed by atoms with E-state index >= 15 is 0 Å².